The van der Waals surface area contributed by atoms with Gasteiger partial charge in [-0.25, -0.2) is 0 Å². The molecule has 1 saturated heterocycles. The standard InChI is InChI=1S/C23H37I3N4O8/c1-7(32)28-17-14(24)13(15(25)18(16(17)26)29-8(2)33)9-3-4-10(11(27)5-9)22(36)30-19-21(35)20(34)12(6-31)38-23(19)37/h9-21,23,31,34-35,37H,3-6,27H2,1-2H3,(H,28,32)(H,29,33)(H,30,36). The Hall–Kier alpha value is 0.360. The molecule has 12 unspecified atom stereocenters. The van der Waals surface area contributed by atoms with E-state index in [-0.39, 0.29) is 47.5 Å². The van der Waals surface area contributed by atoms with Crippen LogP contribution in [0, 0.1) is 17.8 Å². The number of amides is 3. The van der Waals surface area contributed by atoms with Crippen molar-refractivity contribution in [2.75, 3.05) is 6.61 Å². The van der Waals surface area contributed by atoms with E-state index in [0.717, 1.165) is 0 Å². The Balaban J connectivity index is 1.71. The summed E-state index contributed by atoms with van der Waals surface area (Å²) in [6, 6.07) is -2.06. The first kappa shape index (κ1) is 32.9. The molecule has 2 aliphatic carbocycles. The minimum absolute atomic E-state index is 0.00686. The van der Waals surface area contributed by atoms with Gasteiger partial charge in [0.1, 0.15) is 24.4 Å². The number of halogens is 3. The Morgan fingerprint density at radius 1 is 0.868 bits per heavy atom. The highest BCUT2D eigenvalue weighted by atomic mass is 127. The van der Waals surface area contributed by atoms with Crippen LogP contribution in [0.5, 0.6) is 0 Å². The van der Waals surface area contributed by atoms with Crippen LogP contribution in [0.3, 0.4) is 0 Å². The predicted molar refractivity (Wildman–Crippen MR) is 163 cm³/mol. The predicted octanol–water partition coefficient (Wildman–Crippen LogP) is -1.30. The van der Waals surface area contributed by atoms with Crippen LogP contribution < -0.4 is 21.7 Å². The molecule has 0 aromatic rings. The molecule has 3 aliphatic rings. The molecule has 0 radical (unpaired) electrons. The molecule has 3 amide bonds. The molecule has 12 nitrogen and oxygen atoms in total. The van der Waals surface area contributed by atoms with Crippen molar-refractivity contribution in [2.45, 2.75) is 93.7 Å². The quantitative estimate of drug-likeness (QED) is 0.118. The van der Waals surface area contributed by atoms with Crippen LogP contribution in [0.4, 0.5) is 0 Å². The molecule has 2 saturated carbocycles. The minimum atomic E-state index is -1.60. The Bertz CT molecular complexity index is 845. The van der Waals surface area contributed by atoms with Crippen molar-refractivity contribution in [1.82, 2.24) is 16.0 Å². The van der Waals surface area contributed by atoms with Crippen molar-refractivity contribution in [3.05, 3.63) is 0 Å². The zero-order valence-corrected chi connectivity index (χ0v) is 27.5. The smallest absolute Gasteiger partial charge is 0.225 e. The fourth-order valence-corrected chi connectivity index (χ4v) is 12.9. The van der Waals surface area contributed by atoms with Crippen LogP contribution in [0.15, 0.2) is 0 Å². The highest BCUT2D eigenvalue weighted by molar-refractivity contribution is 14.1. The lowest BCUT2D eigenvalue weighted by Crippen LogP contribution is -2.67. The van der Waals surface area contributed by atoms with E-state index in [1.807, 2.05) is 0 Å². The number of ether oxygens (including phenoxy) is 1. The number of carbonyl (C=O) groups is 3. The Morgan fingerprint density at radius 2 is 1.42 bits per heavy atom. The van der Waals surface area contributed by atoms with E-state index in [1.54, 1.807) is 0 Å². The number of alkyl halides is 3. The highest BCUT2D eigenvalue weighted by Gasteiger charge is 2.52. The molecule has 1 heterocycles. The van der Waals surface area contributed by atoms with Crippen LogP contribution in [-0.4, -0.2) is 105 Å². The first-order chi connectivity index (χ1) is 17.8. The van der Waals surface area contributed by atoms with Crippen molar-refractivity contribution in [3.63, 3.8) is 0 Å². The molecule has 3 rings (SSSR count). The van der Waals surface area contributed by atoms with Gasteiger partial charge in [0, 0.05) is 27.7 Å². The second-order valence-electron chi connectivity index (χ2n) is 10.5. The summed E-state index contributed by atoms with van der Waals surface area (Å²) < 4.78 is 5.29. The first-order valence-corrected chi connectivity index (χ1v) is 16.3. The van der Waals surface area contributed by atoms with Gasteiger partial charge in [0.2, 0.25) is 17.7 Å². The largest absolute Gasteiger partial charge is 0.394 e. The topological polar surface area (TPSA) is 203 Å². The van der Waals surface area contributed by atoms with Crippen molar-refractivity contribution in [2.24, 2.45) is 23.5 Å². The highest BCUT2D eigenvalue weighted by Crippen LogP contribution is 2.47. The summed E-state index contributed by atoms with van der Waals surface area (Å²) >= 11 is 7.10. The fourth-order valence-electron chi connectivity index (χ4n) is 5.98. The zero-order chi connectivity index (χ0) is 28.5. The van der Waals surface area contributed by atoms with Gasteiger partial charge in [-0.15, -0.1) is 0 Å². The Morgan fingerprint density at radius 3 is 1.89 bits per heavy atom. The second-order valence-corrected chi connectivity index (χ2v) is 14.8. The van der Waals surface area contributed by atoms with Gasteiger partial charge in [-0.1, -0.05) is 67.8 Å². The summed E-state index contributed by atoms with van der Waals surface area (Å²) in [5.41, 5.74) is 6.53. The van der Waals surface area contributed by atoms with Crippen LogP contribution in [0.1, 0.15) is 33.1 Å². The molecule has 0 aromatic carbocycles. The molecule has 0 spiro atoms. The molecular weight excluding hydrogens is 841 g/mol. The average molecular weight is 878 g/mol. The van der Waals surface area contributed by atoms with Gasteiger partial charge in [-0.05, 0) is 31.1 Å². The van der Waals surface area contributed by atoms with Crippen molar-refractivity contribution >= 4 is 85.5 Å². The van der Waals surface area contributed by atoms with Crippen LogP contribution in [-0.2, 0) is 19.1 Å². The summed E-state index contributed by atoms with van der Waals surface area (Å²) in [5, 5.41) is 48.7. The molecule has 3 fully saturated rings. The van der Waals surface area contributed by atoms with Gasteiger partial charge in [0.15, 0.2) is 6.29 Å². The van der Waals surface area contributed by atoms with Gasteiger partial charge in [0.05, 0.1) is 28.5 Å². The molecular formula is C23H37I3N4O8. The summed E-state index contributed by atoms with van der Waals surface area (Å²) in [6.45, 7) is 2.38. The molecule has 218 valence electrons. The van der Waals surface area contributed by atoms with Gasteiger partial charge < -0.3 is 46.8 Å². The van der Waals surface area contributed by atoms with E-state index in [0.29, 0.717) is 19.3 Å². The van der Waals surface area contributed by atoms with E-state index in [1.165, 1.54) is 13.8 Å². The van der Waals surface area contributed by atoms with Gasteiger partial charge in [0.25, 0.3) is 0 Å². The number of hydrogen-bond acceptors (Lipinski definition) is 9. The van der Waals surface area contributed by atoms with E-state index in [2.05, 4.69) is 83.7 Å². The Labute approximate surface area is 262 Å². The number of nitrogens with one attached hydrogen (secondary N) is 3. The van der Waals surface area contributed by atoms with Crippen LogP contribution >= 0.6 is 67.8 Å². The first-order valence-electron chi connectivity index (χ1n) is 12.6. The summed E-state index contributed by atoms with van der Waals surface area (Å²) in [4.78, 5) is 37.1. The Kier molecular flexibility index (Phi) is 12.1. The fraction of sp³-hybridized carbons (Fsp3) is 0.870. The molecule has 0 bridgehead atoms. The molecule has 1 aliphatic heterocycles. The molecule has 12 atom stereocenters. The van der Waals surface area contributed by atoms with Crippen LogP contribution in [0.2, 0.25) is 0 Å². The lowest BCUT2D eigenvalue weighted by molar-refractivity contribution is -0.254. The SMILES string of the molecule is CC(=O)NC1C(I)C(NC(C)=O)C(I)C(C2CCC(C(=O)NC3C(O)OC(CO)C(O)C3O)C(N)C2)C1I. The maximum absolute atomic E-state index is 13.1. The monoisotopic (exact) mass is 878 g/mol. The minimum Gasteiger partial charge on any atom is -0.394 e. The van der Waals surface area contributed by atoms with Gasteiger partial charge in [-0.2, -0.15) is 0 Å². The number of rotatable bonds is 6. The van der Waals surface area contributed by atoms with Crippen molar-refractivity contribution in [3.8, 4) is 0 Å². The van der Waals surface area contributed by atoms with Gasteiger partial charge in [-0.3, -0.25) is 14.4 Å². The molecule has 38 heavy (non-hydrogen) atoms. The van der Waals surface area contributed by atoms with Crippen molar-refractivity contribution in [1.29, 1.82) is 0 Å². The lowest BCUT2D eigenvalue weighted by atomic mass is 9.67. The number of aliphatic hydroxyl groups is 4. The third-order valence-electron chi connectivity index (χ3n) is 7.88. The third-order valence-corrected chi connectivity index (χ3v) is 12.6. The number of hydrogen-bond donors (Lipinski definition) is 8. The summed E-state index contributed by atoms with van der Waals surface area (Å²) in [7, 11) is 0. The summed E-state index contributed by atoms with van der Waals surface area (Å²) in [6.07, 6.45) is -4.02. The average Bonchev–Trinajstić information content (AvgIpc) is 2.84. The maximum Gasteiger partial charge on any atom is 0.225 e. The number of nitrogens with two attached hydrogens (primary N) is 1. The second kappa shape index (κ2) is 14.0. The zero-order valence-electron chi connectivity index (χ0n) is 21.0. The normalized spacial score (nSPS) is 45.6. The molecule has 9 N–H and O–H groups in total. The van der Waals surface area contributed by atoms with E-state index >= 15 is 0 Å². The number of carbonyl (C=O) groups excluding carboxylic acids is 3. The molecule has 15 heteroatoms. The van der Waals surface area contributed by atoms with Gasteiger partial charge >= 0.3 is 0 Å². The van der Waals surface area contributed by atoms with E-state index < -0.39 is 55.1 Å². The lowest BCUT2D eigenvalue weighted by Gasteiger charge is -2.51. The maximum atomic E-state index is 13.1. The van der Waals surface area contributed by atoms with E-state index in [9.17, 15) is 34.8 Å². The number of aliphatic hydroxyl groups excluding tert-OH is 4. The van der Waals surface area contributed by atoms with Crippen LogP contribution in [0.25, 0.3) is 0 Å². The van der Waals surface area contributed by atoms with E-state index in [4.69, 9.17) is 10.5 Å². The molecule has 0 aromatic heterocycles. The summed E-state index contributed by atoms with van der Waals surface area (Å²) in [5.74, 6) is -1.01. The van der Waals surface area contributed by atoms with Crippen molar-refractivity contribution < 1.29 is 39.5 Å². The third kappa shape index (κ3) is 7.22.